The minimum atomic E-state index is -3.67. The molecule has 2 amide bonds. The zero-order chi connectivity index (χ0) is 30.3. The number of rotatable bonds is 11. The van der Waals surface area contributed by atoms with Gasteiger partial charge < -0.3 is 15.4 Å². The molecule has 4 atom stereocenters. The molecule has 3 fully saturated rings. The molecule has 0 spiro atoms. The summed E-state index contributed by atoms with van der Waals surface area (Å²) in [6, 6.07) is 22.3. The normalized spacial score (nSPS) is 23.2. The number of hydrogen-bond donors (Lipinski definition) is 1. The second kappa shape index (κ2) is 12.1. The summed E-state index contributed by atoms with van der Waals surface area (Å²) < 4.78 is 35.6. The van der Waals surface area contributed by atoms with E-state index in [1.54, 1.807) is 41.3 Å². The molecular weight excluding hydrogens is 609 g/mol. The monoisotopic (exact) mass is 641 g/mol. The smallest absolute Gasteiger partial charge is 0.253 e. The Labute approximate surface area is 261 Å². The van der Waals surface area contributed by atoms with Gasteiger partial charge in [0.15, 0.2) is 0 Å². The number of ether oxygens (including phenoxy) is 1. The van der Waals surface area contributed by atoms with Crippen LogP contribution in [0.25, 0.3) is 0 Å². The first kappa shape index (κ1) is 29.9. The number of hydrogen-bond acceptors (Lipinski definition) is 5. The average molecular weight is 643 g/mol. The molecule has 2 saturated carbocycles. The first-order valence-electron chi connectivity index (χ1n) is 14.5. The van der Waals surface area contributed by atoms with Gasteiger partial charge in [-0.05, 0) is 79.1 Å². The molecule has 43 heavy (non-hydrogen) atoms. The van der Waals surface area contributed by atoms with Crippen LogP contribution in [0.4, 0.5) is 5.69 Å². The van der Waals surface area contributed by atoms with Crippen LogP contribution in [0.15, 0.2) is 78.9 Å². The SMILES string of the molecule is NC(=O)C[C@@H]1O[C@H](c2cccc(Cl)c2)[C@@H](c2ccc(Cl)cc2)N([C@H](CN(c2ccccc2)S(=O)(=O)C2CC2)C2CC2)C1=O. The maximum atomic E-state index is 14.4. The van der Waals surface area contributed by atoms with E-state index in [4.69, 9.17) is 33.7 Å². The molecule has 1 heterocycles. The number of nitrogens with zero attached hydrogens (tertiary/aromatic N) is 2. The molecule has 3 aromatic rings. The summed E-state index contributed by atoms with van der Waals surface area (Å²) in [7, 11) is -3.67. The molecule has 11 heteroatoms. The number of carbonyl (C=O) groups excluding carboxylic acids is 2. The number of halogens is 2. The Morgan fingerprint density at radius 2 is 1.63 bits per heavy atom. The van der Waals surface area contributed by atoms with Crippen LogP contribution in [0.3, 0.4) is 0 Å². The Morgan fingerprint density at radius 3 is 2.23 bits per heavy atom. The van der Waals surface area contributed by atoms with Gasteiger partial charge in [-0.3, -0.25) is 13.9 Å². The van der Waals surface area contributed by atoms with Crippen molar-refractivity contribution in [2.24, 2.45) is 11.7 Å². The number of nitrogens with two attached hydrogens (primary N) is 1. The highest BCUT2D eigenvalue weighted by molar-refractivity contribution is 7.93. The van der Waals surface area contributed by atoms with E-state index < -0.39 is 51.4 Å². The maximum absolute atomic E-state index is 14.4. The highest BCUT2D eigenvalue weighted by Gasteiger charge is 2.52. The number of primary amides is 1. The van der Waals surface area contributed by atoms with Crippen molar-refractivity contribution in [3.8, 4) is 0 Å². The van der Waals surface area contributed by atoms with E-state index in [0.29, 0.717) is 28.6 Å². The maximum Gasteiger partial charge on any atom is 0.253 e. The van der Waals surface area contributed by atoms with Gasteiger partial charge >= 0.3 is 0 Å². The fraction of sp³-hybridized carbons (Fsp3) is 0.375. The molecule has 0 bridgehead atoms. The lowest BCUT2D eigenvalue weighted by Gasteiger charge is -2.49. The Kier molecular flexibility index (Phi) is 8.43. The summed E-state index contributed by atoms with van der Waals surface area (Å²) >= 11 is 12.7. The van der Waals surface area contributed by atoms with Gasteiger partial charge in [-0.15, -0.1) is 0 Å². The standard InChI is InChI=1S/C32H33Cl2N3O5S/c33-23-13-11-21(12-14-23)30-31(22-5-4-6-24(34)17-22)42-28(18-29(35)38)32(39)37(30)27(20-9-10-20)19-36(25-7-2-1-3-8-25)43(40,41)26-15-16-26/h1-8,11-14,17,20,26-28,30-31H,9-10,15-16,18-19H2,(H2,35,38)/t27-,28+,30-,31-/m1/s1. The topological polar surface area (TPSA) is 110 Å². The van der Waals surface area contributed by atoms with Gasteiger partial charge in [0, 0.05) is 10.0 Å². The molecule has 8 nitrogen and oxygen atoms in total. The molecule has 226 valence electrons. The van der Waals surface area contributed by atoms with Crippen LogP contribution in [0.1, 0.15) is 55.4 Å². The van der Waals surface area contributed by atoms with Crippen LogP contribution in [0, 0.1) is 5.92 Å². The third-order valence-electron chi connectivity index (χ3n) is 8.38. The number of sulfonamides is 1. The lowest BCUT2D eigenvalue weighted by atomic mass is 9.89. The van der Waals surface area contributed by atoms with Crippen LogP contribution in [-0.2, 0) is 24.3 Å². The van der Waals surface area contributed by atoms with Crippen LogP contribution in [0.5, 0.6) is 0 Å². The first-order valence-corrected chi connectivity index (χ1v) is 16.7. The molecule has 3 aliphatic rings. The summed E-state index contributed by atoms with van der Waals surface area (Å²) in [4.78, 5) is 28.3. The summed E-state index contributed by atoms with van der Waals surface area (Å²) in [6.45, 7) is 0.0783. The van der Waals surface area contributed by atoms with Crippen molar-refractivity contribution in [1.82, 2.24) is 4.90 Å². The lowest BCUT2D eigenvalue weighted by molar-refractivity contribution is -0.181. The highest BCUT2D eigenvalue weighted by Crippen LogP contribution is 2.48. The van der Waals surface area contributed by atoms with Gasteiger partial charge in [-0.2, -0.15) is 0 Å². The van der Waals surface area contributed by atoms with E-state index in [-0.39, 0.29) is 18.9 Å². The van der Waals surface area contributed by atoms with Crippen LogP contribution >= 0.6 is 23.2 Å². The van der Waals surface area contributed by atoms with Gasteiger partial charge in [0.25, 0.3) is 5.91 Å². The fourth-order valence-electron chi connectivity index (χ4n) is 6.00. The van der Waals surface area contributed by atoms with E-state index in [9.17, 15) is 18.0 Å². The lowest BCUT2D eigenvalue weighted by Crippen LogP contribution is -2.59. The van der Waals surface area contributed by atoms with Crippen molar-refractivity contribution in [2.45, 2.75) is 61.6 Å². The molecule has 2 aliphatic carbocycles. The summed E-state index contributed by atoms with van der Waals surface area (Å²) in [5, 5.41) is 0.589. The number of amides is 2. The highest BCUT2D eigenvalue weighted by atomic mass is 35.5. The van der Waals surface area contributed by atoms with E-state index in [1.165, 1.54) is 4.31 Å². The number of anilines is 1. The molecule has 1 saturated heterocycles. The van der Waals surface area contributed by atoms with Crippen molar-refractivity contribution in [2.75, 3.05) is 10.8 Å². The van der Waals surface area contributed by atoms with Crippen LogP contribution in [-0.4, -0.2) is 49.1 Å². The second-order valence-electron chi connectivity index (χ2n) is 11.5. The van der Waals surface area contributed by atoms with Crippen molar-refractivity contribution >= 4 is 50.7 Å². The average Bonchev–Trinajstić information content (AvgIpc) is 3.89. The number of para-hydroxylation sites is 1. The molecule has 6 rings (SSSR count). The van der Waals surface area contributed by atoms with Gasteiger partial charge in [-0.25, -0.2) is 8.42 Å². The summed E-state index contributed by atoms with van der Waals surface area (Å²) in [5.74, 6) is -1.00. The molecule has 0 aromatic heterocycles. The summed E-state index contributed by atoms with van der Waals surface area (Å²) in [6.07, 6.45) is 0.751. The predicted molar refractivity (Wildman–Crippen MR) is 166 cm³/mol. The van der Waals surface area contributed by atoms with Gasteiger partial charge in [0.2, 0.25) is 15.9 Å². The fourth-order valence-corrected chi connectivity index (χ4v) is 8.19. The second-order valence-corrected chi connectivity index (χ2v) is 14.5. The Bertz CT molecular complexity index is 1600. The number of morpholine rings is 1. The van der Waals surface area contributed by atoms with E-state index >= 15 is 0 Å². The zero-order valence-electron chi connectivity index (χ0n) is 23.4. The van der Waals surface area contributed by atoms with Gasteiger partial charge in [0.05, 0.1) is 36.0 Å². The van der Waals surface area contributed by atoms with Gasteiger partial charge in [-0.1, -0.05) is 65.7 Å². The van der Waals surface area contributed by atoms with Crippen LogP contribution < -0.4 is 10.0 Å². The minimum absolute atomic E-state index is 0.0618. The third kappa shape index (κ3) is 6.41. The van der Waals surface area contributed by atoms with Crippen molar-refractivity contribution < 1.29 is 22.7 Å². The number of carbonyl (C=O) groups is 2. The zero-order valence-corrected chi connectivity index (χ0v) is 25.7. The largest absolute Gasteiger partial charge is 0.370 e. The minimum Gasteiger partial charge on any atom is -0.370 e. The Balaban J connectivity index is 1.49. The number of benzene rings is 3. The molecule has 1 aliphatic heterocycles. The van der Waals surface area contributed by atoms with E-state index in [0.717, 1.165) is 24.0 Å². The third-order valence-corrected chi connectivity index (χ3v) is 11.2. The van der Waals surface area contributed by atoms with Crippen LogP contribution in [0.2, 0.25) is 10.0 Å². The van der Waals surface area contributed by atoms with Crippen molar-refractivity contribution in [3.63, 3.8) is 0 Å². The first-order chi connectivity index (χ1) is 20.6. The molecule has 0 radical (unpaired) electrons. The Hall–Kier alpha value is -3.11. The van der Waals surface area contributed by atoms with E-state index in [2.05, 4.69) is 0 Å². The molecule has 2 N–H and O–H groups in total. The predicted octanol–water partition coefficient (Wildman–Crippen LogP) is 5.66. The summed E-state index contributed by atoms with van der Waals surface area (Å²) in [5.41, 5.74) is 7.64. The molecule has 0 unspecified atom stereocenters. The van der Waals surface area contributed by atoms with Crippen molar-refractivity contribution in [3.05, 3.63) is 100 Å². The quantitative estimate of drug-likeness (QED) is 0.291. The molecular formula is C32H33Cl2N3O5S. The van der Waals surface area contributed by atoms with E-state index in [1.807, 2.05) is 42.5 Å². The Morgan fingerprint density at radius 1 is 0.930 bits per heavy atom. The van der Waals surface area contributed by atoms with Crippen molar-refractivity contribution in [1.29, 1.82) is 0 Å². The molecule has 3 aromatic carbocycles. The van der Waals surface area contributed by atoms with Gasteiger partial charge in [0.1, 0.15) is 12.2 Å².